The lowest BCUT2D eigenvalue weighted by Gasteiger charge is -2.17. The number of likely N-dealkylation sites (N-methyl/N-ethyl adjacent to an activating group) is 1. The number of amides is 2. The summed E-state index contributed by atoms with van der Waals surface area (Å²) in [6.45, 7) is 0. The molecule has 1 heterocycles. The Kier molecular flexibility index (Phi) is 2.13. The summed E-state index contributed by atoms with van der Waals surface area (Å²) in [7, 11) is 1.57. The van der Waals surface area contributed by atoms with Crippen LogP contribution in [0.25, 0.3) is 0 Å². The van der Waals surface area contributed by atoms with Gasteiger partial charge in [-0.1, -0.05) is 30.3 Å². The highest BCUT2D eigenvalue weighted by atomic mass is 16.3. The van der Waals surface area contributed by atoms with E-state index >= 15 is 0 Å². The quantitative estimate of drug-likeness (QED) is 0.688. The van der Waals surface area contributed by atoms with Crippen molar-refractivity contribution >= 4 is 6.03 Å². The Hall–Kier alpha value is -1.55. The summed E-state index contributed by atoms with van der Waals surface area (Å²) < 4.78 is 0. The van der Waals surface area contributed by atoms with Gasteiger partial charge in [-0.2, -0.15) is 0 Å². The number of nitrogens with zero attached hydrogens (tertiary/aromatic N) is 1. The number of urea groups is 1. The molecule has 1 saturated heterocycles. The maximum Gasteiger partial charge on any atom is 0.319 e. The molecule has 2 amide bonds. The maximum absolute atomic E-state index is 11.2. The second kappa shape index (κ2) is 3.31. The van der Waals surface area contributed by atoms with E-state index in [1.807, 2.05) is 30.3 Å². The molecule has 1 aliphatic rings. The Morgan fingerprint density at radius 1 is 1.36 bits per heavy atom. The first kappa shape index (κ1) is 9.02. The fraction of sp³-hybridized carbons (Fsp3) is 0.300. The van der Waals surface area contributed by atoms with E-state index in [4.69, 9.17) is 0 Å². The standard InChI is InChI=1S/C10H12N2O2/c1-12-9(13)8(11-10(12)14)7-5-3-2-4-6-7/h2-6,8-9,13H,1H3,(H,11,14)/t8-,9+/m1/s1. The van der Waals surface area contributed by atoms with Crippen LogP contribution >= 0.6 is 0 Å². The van der Waals surface area contributed by atoms with E-state index in [-0.39, 0.29) is 12.1 Å². The number of benzene rings is 1. The summed E-state index contributed by atoms with van der Waals surface area (Å²) in [5.41, 5.74) is 0.915. The molecule has 1 aliphatic heterocycles. The molecule has 4 nitrogen and oxygen atoms in total. The lowest BCUT2D eigenvalue weighted by molar-refractivity contribution is 0.0561. The van der Waals surface area contributed by atoms with Crippen molar-refractivity contribution in [1.82, 2.24) is 10.2 Å². The molecule has 0 spiro atoms. The van der Waals surface area contributed by atoms with Gasteiger partial charge in [-0.05, 0) is 5.56 Å². The van der Waals surface area contributed by atoms with Gasteiger partial charge in [0.25, 0.3) is 0 Å². The molecule has 2 rings (SSSR count). The zero-order chi connectivity index (χ0) is 10.1. The molecular weight excluding hydrogens is 180 g/mol. The number of carbonyl (C=O) groups excluding carboxylic acids is 1. The highest BCUT2D eigenvalue weighted by Gasteiger charge is 2.36. The van der Waals surface area contributed by atoms with Crippen molar-refractivity contribution < 1.29 is 9.90 Å². The molecular formula is C10H12N2O2. The molecule has 0 saturated carbocycles. The number of hydrogen-bond acceptors (Lipinski definition) is 2. The van der Waals surface area contributed by atoms with Crippen molar-refractivity contribution in [3.63, 3.8) is 0 Å². The highest BCUT2D eigenvalue weighted by molar-refractivity contribution is 5.77. The average Bonchev–Trinajstić information content (AvgIpc) is 2.47. The lowest BCUT2D eigenvalue weighted by atomic mass is 10.1. The van der Waals surface area contributed by atoms with Crippen LogP contribution in [0.3, 0.4) is 0 Å². The molecule has 1 fully saturated rings. The Labute approximate surface area is 82.2 Å². The predicted molar refractivity (Wildman–Crippen MR) is 51.5 cm³/mol. The third-order valence-corrected chi connectivity index (χ3v) is 2.45. The van der Waals surface area contributed by atoms with E-state index in [1.54, 1.807) is 7.05 Å². The van der Waals surface area contributed by atoms with E-state index in [0.29, 0.717) is 0 Å². The van der Waals surface area contributed by atoms with Gasteiger partial charge in [0.15, 0.2) is 6.23 Å². The maximum atomic E-state index is 11.2. The first-order chi connectivity index (χ1) is 6.70. The first-order valence-corrected chi connectivity index (χ1v) is 4.46. The van der Waals surface area contributed by atoms with Gasteiger partial charge in [-0.25, -0.2) is 4.79 Å². The Morgan fingerprint density at radius 3 is 2.50 bits per heavy atom. The van der Waals surface area contributed by atoms with Crippen molar-refractivity contribution in [3.8, 4) is 0 Å². The normalized spacial score (nSPS) is 26.4. The minimum Gasteiger partial charge on any atom is -0.371 e. The highest BCUT2D eigenvalue weighted by Crippen LogP contribution is 2.23. The molecule has 14 heavy (non-hydrogen) atoms. The third-order valence-electron chi connectivity index (χ3n) is 2.45. The second-order valence-corrected chi connectivity index (χ2v) is 3.36. The summed E-state index contributed by atoms with van der Waals surface area (Å²) >= 11 is 0. The number of hydrogen-bond donors (Lipinski definition) is 2. The zero-order valence-corrected chi connectivity index (χ0v) is 7.84. The summed E-state index contributed by atoms with van der Waals surface area (Å²) in [6, 6.07) is 8.86. The predicted octanol–water partition coefficient (Wildman–Crippen LogP) is 0.701. The van der Waals surface area contributed by atoms with Crippen molar-refractivity contribution in [2.45, 2.75) is 12.3 Å². The summed E-state index contributed by atoms with van der Waals surface area (Å²) in [4.78, 5) is 12.5. The molecule has 0 aliphatic carbocycles. The van der Waals surface area contributed by atoms with Crippen LogP contribution in [0.5, 0.6) is 0 Å². The van der Waals surface area contributed by atoms with Crippen molar-refractivity contribution in [2.75, 3.05) is 7.05 Å². The van der Waals surface area contributed by atoms with E-state index in [1.165, 1.54) is 4.90 Å². The van der Waals surface area contributed by atoms with Gasteiger partial charge in [-0.15, -0.1) is 0 Å². The largest absolute Gasteiger partial charge is 0.371 e. The van der Waals surface area contributed by atoms with Crippen LogP contribution in [0.1, 0.15) is 11.6 Å². The van der Waals surface area contributed by atoms with Crippen LogP contribution in [0.2, 0.25) is 0 Å². The Bertz CT molecular complexity index is 339. The van der Waals surface area contributed by atoms with Crippen LogP contribution < -0.4 is 5.32 Å². The van der Waals surface area contributed by atoms with Crippen molar-refractivity contribution in [1.29, 1.82) is 0 Å². The number of carbonyl (C=O) groups is 1. The van der Waals surface area contributed by atoms with Gasteiger partial charge < -0.3 is 10.4 Å². The van der Waals surface area contributed by atoms with Crippen LogP contribution in [0.4, 0.5) is 4.79 Å². The van der Waals surface area contributed by atoms with E-state index in [0.717, 1.165) is 5.56 Å². The number of nitrogens with one attached hydrogen (secondary N) is 1. The van der Waals surface area contributed by atoms with Crippen molar-refractivity contribution in [3.05, 3.63) is 35.9 Å². The van der Waals surface area contributed by atoms with E-state index < -0.39 is 6.23 Å². The molecule has 0 unspecified atom stereocenters. The number of rotatable bonds is 1. The fourth-order valence-corrected chi connectivity index (χ4v) is 1.57. The van der Waals surface area contributed by atoms with E-state index in [2.05, 4.69) is 5.32 Å². The average molecular weight is 192 g/mol. The van der Waals surface area contributed by atoms with Gasteiger partial charge in [0, 0.05) is 7.05 Å². The van der Waals surface area contributed by atoms with Gasteiger partial charge in [0.1, 0.15) is 6.04 Å². The second-order valence-electron chi connectivity index (χ2n) is 3.36. The fourth-order valence-electron chi connectivity index (χ4n) is 1.57. The SMILES string of the molecule is CN1C(=O)N[C@H](c2ccccc2)[C@@H]1O. The molecule has 0 radical (unpaired) electrons. The van der Waals surface area contributed by atoms with Gasteiger partial charge in [-0.3, -0.25) is 4.90 Å². The molecule has 4 heteroatoms. The van der Waals surface area contributed by atoms with Crippen LogP contribution in [0, 0.1) is 0 Å². The topological polar surface area (TPSA) is 52.6 Å². The molecule has 2 atom stereocenters. The monoisotopic (exact) mass is 192 g/mol. The molecule has 2 N–H and O–H groups in total. The Morgan fingerprint density at radius 2 is 2.00 bits per heavy atom. The van der Waals surface area contributed by atoms with Gasteiger partial charge in [0.2, 0.25) is 0 Å². The first-order valence-electron chi connectivity index (χ1n) is 4.46. The molecule has 1 aromatic rings. The summed E-state index contributed by atoms with van der Waals surface area (Å²) in [6.07, 6.45) is -0.787. The van der Waals surface area contributed by atoms with Crippen LogP contribution in [-0.4, -0.2) is 29.3 Å². The molecule has 0 aromatic heterocycles. The minimum atomic E-state index is -0.787. The lowest BCUT2D eigenvalue weighted by Crippen LogP contribution is -2.29. The van der Waals surface area contributed by atoms with Crippen LogP contribution in [-0.2, 0) is 0 Å². The third kappa shape index (κ3) is 1.33. The molecule has 1 aromatic carbocycles. The van der Waals surface area contributed by atoms with E-state index in [9.17, 15) is 9.90 Å². The number of aliphatic hydroxyl groups excluding tert-OH is 1. The van der Waals surface area contributed by atoms with Crippen LogP contribution in [0.15, 0.2) is 30.3 Å². The number of aliphatic hydroxyl groups is 1. The van der Waals surface area contributed by atoms with Crippen molar-refractivity contribution in [2.24, 2.45) is 0 Å². The smallest absolute Gasteiger partial charge is 0.319 e. The Balaban J connectivity index is 2.26. The summed E-state index contributed by atoms with van der Waals surface area (Å²) in [5, 5.41) is 12.4. The zero-order valence-electron chi connectivity index (χ0n) is 7.84. The molecule has 74 valence electrons. The van der Waals surface area contributed by atoms with Gasteiger partial charge in [0.05, 0.1) is 0 Å². The van der Waals surface area contributed by atoms with Gasteiger partial charge >= 0.3 is 6.03 Å². The molecule has 0 bridgehead atoms. The summed E-state index contributed by atoms with van der Waals surface area (Å²) in [5.74, 6) is 0. The minimum absolute atomic E-state index is 0.244.